The third-order valence-corrected chi connectivity index (χ3v) is 5.81. The number of carbonyl (C=O) groups excluding carboxylic acids is 1. The molecule has 148 valence electrons. The summed E-state index contributed by atoms with van der Waals surface area (Å²) in [5.41, 5.74) is 7.55. The molecular weight excluding hydrogens is 361 g/mol. The number of halogens is 1. The first-order valence-corrected chi connectivity index (χ1v) is 9.58. The number of nitrogens with one attached hydrogen (secondary N) is 2. The Hall–Kier alpha value is -2.64. The molecular formula is C21H24FN3O3. The lowest BCUT2D eigenvalue weighted by molar-refractivity contribution is 0.0638. The molecule has 0 spiro atoms. The van der Waals surface area contributed by atoms with Crippen LogP contribution in [0.4, 0.5) is 4.39 Å². The summed E-state index contributed by atoms with van der Waals surface area (Å²) < 4.78 is 13.3. The standard InChI is InChI=1S/C21H24FN3O3/c22-15-8-6-13(7-9-15)16-11-23-24-20(16)14-3-2-10-25(12-14)21(28)19-17(26)4-1-5-18(19)27/h1,4-9,14,16,20,23-24,26-27H,2-3,10-12H2. The first kappa shape index (κ1) is 18.7. The Labute approximate surface area is 163 Å². The van der Waals surface area contributed by atoms with E-state index in [0.29, 0.717) is 13.1 Å². The summed E-state index contributed by atoms with van der Waals surface area (Å²) in [7, 11) is 0. The Kier molecular flexibility index (Phi) is 5.19. The van der Waals surface area contributed by atoms with E-state index < -0.39 is 0 Å². The van der Waals surface area contributed by atoms with E-state index >= 15 is 0 Å². The first-order valence-electron chi connectivity index (χ1n) is 9.58. The number of nitrogens with zero attached hydrogens (tertiary/aromatic N) is 1. The molecule has 7 heteroatoms. The van der Waals surface area contributed by atoms with Crippen molar-refractivity contribution in [3.05, 3.63) is 59.4 Å². The van der Waals surface area contributed by atoms with E-state index in [9.17, 15) is 19.4 Å². The van der Waals surface area contributed by atoms with Gasteiger partial charge in [-0.25, -0.2) is 4.39 Å². The molecule has 1 amide bonds. The molecule has 0 radical (unpaired) electrons. The third-order valence-electron chi connectivity index (χ3n) is 5.81. The van der Waals surface area contributed by atoms with Crippen LogP contribution in [0.1, 0.15) is 34.7 Å². The van der Waals surface area contributed by atoms with Crippen LogP contribution in [0.15, 0.2) is 42.5 Å². The fourth-order valence-corrected chi connectivity index (χ4v) is 4.39. The zero-order valence-corrected chi connectivity index (χ0v) is 15.4. The van der Waals surface area contributed by atoms with Gasteiger partial charge in [-0.1, -0.05) is 18.2 Å². The molecule has 2 aromatic carbocycles. The van der Waals surface area contributed by atoms with Crippen molar-refractivity contribution >= 4 is 5.91 Å². The smallest absolute Gasteiger partial charge is 0.261 e. The lowest BCUT2D eigenvalue weighted by Gasteiger charge is -2.37. The number of piperidine rings is 1. The zero-order valence-electron chi connectivity index (χ0n) is 15.4. The van der Waals surface area contributed by atoms with E-state index in [0.717, 1.165) is 24.9 Å². The van der Waals surface area contributed by atoms with Gasteiger partial charge in [-0.15, -0.1) is 0 Å². The number of aromatic hydroxyl groups is 2. The van der Waals surface area contributed by atoms with Crippen LogP contribution in [-0.2, 0) is 0 Å². The highest BCUT2D eigenvalue weighted by molar-refractivity contribution is 5.99. The van der Waals surface area contributed by atoms with E-state index in [4.69, 9.17) is 0 Å². The van der Waals surface area contributed by atoms with Crippen molar-refractivity contribution in [1.29, 1.82) is 0 Å². The van der Waals surface area contributed by atoms with E-state index in [1.807, 2.05) is 12.1 Å². The summed E-state index contributed by atoms with van der Waals surface area (Å²) in [5, 5.41) is 20.0. The average molecular weight is 385 g/mol. The van der Waals surface area contributed by atoms with Gasteiger partial charge in [0.25, 0.3) is 5.91 Å². The normalized spacial score (nSPS) is 25.0. The van der Waals surface area contributed by atoms with Crippen LogP contribution < -0.4 is 10.9 Å². The number of hydrogen-bond acceptors (Lipinski definition) is 5. The lowest BCUT2D eigenvalue weighted by Crippen LogP contribution is -2.48. The van der Waals surface area contributed by atoms with Crippen LogP contribution in [-0.4, -0.2) is 46.7 Å². The molecule has 2 saturated heterocycles. The minimum Gasteiger partial charge on any atom is -0.507 e. The first-order chi connectivity index (χ1) is 13.5. The van der Waals surface area contributed by atoms with Gasteiger partial charge in [0.05, 0.1) is 0 Å². The van der Waals surface area contributed by atoms with Crippen molar-refractivity contribution < 1.29 is 19.4 Å². The van der Waals surface area contributed by atoms with Crippen molar-refractivity contribution in [2.24, 2.45) is 5.92 Å². The minimum atomic E-state index is -0.357. The van der Waals surface area contributed by atoms with Gasteiger partial charge in [-0.2, -0.15) is 0 Å². The van der Waals surface area contributed by atoms with Gasteiger partial charge in [0.1, 0.15) is 22.9 Å². The van der Waals surface area contributed by atoms with Gasteiger partial charge in [-0.05, 0) is 48.6 Å². The molecule has 2 aliphatic rings. The molecule has 2 aromatic rings. The van der Waals surface area contributed by atoms with Crippen LogP contribution in [0.2, 0.25) is 0 Å². The van der Waals surface area contributed by atoms with E-state index in [1.165, 1.54) is 30.3 Å². The molecule has 6 nitrogen and oxygen atoms in total. The average Bonchev–Trinajstić information content (AvgIpc) is 3.18. The number of likely N-dealkylation sites (tertiary alicyclic amines) is 1. The second kappa shape index (κ2) is 7.77. The fraction of sp³-hybridized carbons (Fsp3) is 0.381. The highest BCUT2D eigenvalue weighted by atomic mass is 19.1. The summed E-state index contributed by atoms with van der Waals surface area (Å²) in [4.78, 5) is 14.6. The van der Waals surface area contributed by atoms with Crippen molar-refractivity contribution in [1.82, 2.24) is 15.8 Å². The number of phenols is 2. The van der Waals surface area contributed by atoms with Gasteiger partial charge in [0.15, 0.2) is 0 Å². The summed E-state index contributed by atoms with van der Waals surface area (Å²) in [5.74, 6) is -0.649. The van der Waals surface area contributed by atoms with Crippen LogP contribution in [0.25, 0.3) is 0 Å². The van der Waals surface area contributed by atoms with E-state index in [2.05, 4.69) is 10.9 Å². The molecule has 28 heavy (non-hydrogen) atoms. The monoisotopic (exact) mass is 385 g/mol. The lowest BCUT2D eigenvalue weighted by atomic mass is 9.81. The number of amides is 1. The highest BCUT2D eigenvalue weighted by Crippen LogP contribution is 2.34. The predicted octanol–water partition coefficient (Wildman–Crippen LogP) is 2.35. The Balaban J connectivity index is 1.52. The second-order valence-electron chi connectivity index (χ2n) is 7.53. The maximum atomic E-state index is 13.3. The number of hydrogen-bond donors (Lipinski definition) is 4. The van der Waals surface area contributed by atoms with Gasteiger partial charge in [0, 0.05) is 31.6 Å². The van der Waals surface area contributed by atoms with Gasteiger partial charge >= 0.3 is 0 Å². The number of phenolic OH excluding ortho intramolecular Hbond substituents is 2. The molecule has 4 rings (SSSR count). The van der Waals surface area contributed by atoms with E-state index in [-0.39, 0.29) is 46.7 Å². The van der Waals surface area contributed by atoms with Crippen molar-refractivity contribution in [3.63, 3.8) is 0 Å². The van der Waals surface area contributed by atoms with Gasteiger partial charge in [-0.3, -0.25) is 15.6 Å². The summed E-state index contributed by atoms with van der Waals surface area (Å²) in [6.45, 7) is 1.86. The molecule has 3 atom stereocenters. The predicted molar refractivity (Wildman–Crippen MR) is 102 cm³/mol. The molecule has 2 heterocycles. The van der Waals surface area contributed by atoms with Gasteiger partial charge in [0.2, 0.25) is 0 Å². The summed E-state index contributed by atoms with van der Waals surface area (Å²) in [6.07, 6.45) is 1.81. The van der Waals surface area contributed by atoms with Crippen LogP contribution in [0.3, 0.4) is 0 Å². The minimum absolute atomic E-state index is 0.0456. The summed E-state index contributed by atoms with van der Waals surface area (Å²) in [6, 6.07) is 11.0. The van der Waals surface area contributed by atoms with Crippen molar-refractivity contribution in [2.45, 2.75) is 24.8 Å². The Morgan fingerprint density at radius 2 is 1.82 bits per heavy atom. The van der Waals surface area contributed by atoms with Crippen LogP contribution >= 0.6 is 0 Å². The van der Waals surface area contributed by atoms with Crippen molar-refractivity contribution in [2.75, 3.05) is 19.6 Å². The maximum absolute atomic E-state index is 13.3. The quantitative estimate of drug-likeness (QED) is 0.652. The Morgan fingerprint density at radius 3 is 2.54 bits per heavy atom. The number of benzene rings is 2. The second-order valence-corrected chi connectivity index (χ2v) is 7.53. The molecule has 3 unspecified atom stereocenters. The Morgan fingerprint density at radius 1 is 1.11 bits per heavy atom. The molecule has 0 aliphatic carbocycles. The van der Waals surface area contributed by atoms with E-state index in [1.54, 1.807) is 4.90 Å². The summed E-state index contributed by atoms with van der Waals surface area (Å²) >= 11 is 0. The van der Waals surface area contributed by atoms with Crippen LogP contribution in [0, 0.1) is 11.7 Å². The molecule has 2 fully saturated rings. The SMILES string of the molecule is O=C(c1c(O)cccc1O)N1CCCC(C2NNCC2c2ccc(F)cc2)C1. The maximum Gasteiger partial charge on any atom is 0.261 e. The Bertz CT molecular complexity index is 838. The fourth-order valence-electron chi connectivity index (χ4n) is 4.39. The number of hydrazine groups is 1. The highest BCUT2D eigenvalue weighted by Gasteiger charge is 2.38. The molecule has 0 saturated carbocycles. The molecule has 0 bridgehead atoms. The zero-order chi connectivity index (χ0) is 19.7. The molecule has 0 aromatic heterocycles. The number of rotatable bonds is 3. The molecule has 4 N–H and O–H groups in total. The van der Waals surface area contributed by atoms with Crippen molar-refractivity contribution in [3.8, 4) is 11.5 Å². The van der Waals surface area contributed by atoms with Crippen LogP contribution in [0.5, 0.6) is 11.5 Å². The largest absolute Gasteiger partial charge is 0.507 e. The van der Waals surface area contributed by atoms with Gasteiger partial charge < -0.3 is 15.1 Å². The topological polar surface area (TPSA) is 84.8 Å². The molecule has 2 aliphatic heterocycles. The number of carbonyl (C=O) groups is 1. The third kappa shape index (κ3) is 3.55.